The molecule has 0 saturated heterocycles. The molecule has 0 fully saturated rings. The molecule has 5 heteroatoms. The third kappa shape index (κ3) is 7.93. The van der Waals surface area contributed by atoms with Crippen molar-refractivity contribution in [1.82, 2.24) is 4.98 Å². The molecule has 23 heavy (non-hydrogen) atoms. The number of aromatic nitrogens is 1. The maximum atomic E-state index is 10.4. The van der Waals surface area contributed by atoms with E-state index in [1.165, 1.54) is 23.9 Å². The Morgan fingerprint density at radius 2 is 1.57 bits per heavy atom. The predicted molar refractivity (Wildman–Crippen MR) is 91.2 cm³/mol. The first-order chi connectivity index (χ1) is 11.0. The Balaban J connectivity index is 0.000000176. The number of carbonyl (C=O) groups excluding carboxylic acids is 2. The second-order valence-electron chi connectivity index (χ2n) is 4.54. The number of thiophene rings is 1. The van der Waals surface area contributed by atoms with Crippen LogP contribution in [0.25, 0.3) is 10.1 Å². The van der Waals surface area contributed by atoms with Crippen molar-refractivity contribution in [2.24, 2.45) is 0 Å². The minimum absolute atomic E-state index is 0.0579. The van der Waals surface area contributed by atoms with Gasteiger partial charge in [-0.3, -0.25) is 4.98 Å². The molecule has 3 rings (SSSR count). The number of hydrogen-bond donors (Lipinski definition) is 0. The number of ketones is 2. The van der Waals surface area contributed by atoms with Gasteiger partial charge >= 0.3 is 58.3 Å². The SMILES string of the molecule is CC(=O)[CH]([Ir])C(C)=O.c1ccc2sccc2c1.c1ccncc1. The van der Waals surface area contributed by atoms with E-state index < -0.39 is 4.43 Å². The Morgan fingerprint density at radius 1 is 0.957 bits per heavy atom. The average Bonchev–Trinajstić information content (AvgIpc) is 3.05. The Bertz CT molecular complexity index is 657. The molecule has 0 aliphatic carbocycles. The Labute approximate surface area is 150 Å². The normalized spacial score (nSPS) is 9.43. The molecule has 0 radical (unpaired) electrons. The van der Waals surface area contributed by atoms with Crippen molar-refractivity contribution in [1.29, 1.82) is 0 Å². The van der Waals surface area contributed by atoms with Crippen LogP contribution in [0.15, 0.2) is 66.3 Å². The smallest absolute Gasteiger partial charge is 0.0342 e. The summed E-state index contributed by atoms with van der Waals surface area (Å²) < 4.78 is 0.965. The molecule has 1 aromatic carbocycles. The summed E-state index contributed by atoms with van der Waals surface area (Å²) in [5.74, 6) is -0.116. The average molecular weight is 505 g/mol. The number of carbonyl (C=O) groups is 2. The van der Waals surface area contributed by atoms with Crippen LogP contribution in [-0.2, 0) is 28.5 Å². The molecule has 3 aromatic rings. The Kier molecular flexibility index (Phi) is 9.22. The molecule has 0 spiro atoms. The molecule has 0 N–H and O–H groups in total. The maximum absolute atomic E-state index is 10.4. The number of pyridine rings is 1. The summed E-state index contributed by atoms with van der Waals surface area (Å²) in [6.45, 7) is 2.85. The summed E-state index contributed by atoms with van der Waals surface area (Å²) in [4.78, 5) is 24.5. The van der Waals surface area contributed by atoms with Gasteiger partial charge in [0.05, 0.1) is 0 Å². The number of Topliss-reactive ketones (excluding diaryl/α,β-unsaturated/α-hetero) is 2. The van der Waals surface area contributed by atoms with E-state index in [1.54, 1.807) is 42.6 Å². The van der Waals surface area contributed by atoms with Gasteiger partial charge in [0.15, 0.2) is 0 Å². The van der Waals surface area contributed by atoms with E-state index in [0.717, 1.165) is 0 Å². The molecule has 0 bridgehead atoms. The van der Waals surface area contributed by atoms with Crippen LogP contribution in [0.5, 0.6) is 0 Å². The molecule has 0 saturated carbocycles. The summed E-state index contributed by atoms with van der Waals surface area (Å²) in [7, 11) is 0. The standard InChI is InChI=1S/C8H6S.C5H5N.C5H7O2.Ir/c1-2-4-8-7(3-1)5-6-9-8;1-2-4-6-5-3-1;1-4(6)3-5(2)7;/h1-6H;1-5H;3H,1-2H3;. The summed E-state index contributed by atoms with van der Waals surface area (Å²) in [6.07, 6.45) is 3.50. The summed E-state index contributed by atoms with van der Waals surface area (Å²) in [6, 6.07) is 16.3. The molecule has 0 aliphatic heterocycles. The monoisotopic (exact) mass is 505 g/mol. The number of nitrogens with zero attached hydrogens (tertiary/aromatic N) is 1. The zero-order valence-corrected chi connectivity index (χ0v) is 16.1. The Hall–Kier alpha value is -1.68. The first-order valence-corrected chi connectivity index (χ1v) is 9.18. The minimum Gasteiger partial charge on any atom is -0.265 e. The van der Waals surface area contributed by atoms with Gasteiger partial charge in [-0.1, -0.05) is 24.3 Å². The molecule has 122 valence electrons. The number of fused-ring (bicyclic) bond motifs is 1. The van der Waals surface area contributed by atoms with Gasteiger partial charge < -0.3 is 0 Å². The van der Waals surface area contributed by atoms with Crippen LogP contribution in [0.1, 0.15) is 13.8 Å². The van der Waals surface area contributed by atoms with Gasteiger partial charge in [0.1, 0.15) is 0 Å². The summed E-state index contributed by atoms with van der Waals surface area (Å²) in [5, 5.41) is 3.47. The molecule has 0 aliphatic rings. The van der Waals surface area contributed by atoms with Crippen LogP contribution in [0, 0.1) is 0 Å². The van der Waals surface area contributed by atoms with E-state index in [0.29, 0.717) is 0 Å². The zero-order valence-electron chi connectivity index (χ0n) is 12.9. The van der Waals surface area contributed by atoms with Gasteiger partial charge in [0.25, 0.3) is 0 Å². The summed E-state index contributed by atoms with van der Waals surface area (Å²) in [5.41, 5.74) is 0. The molecule has 3 nitrogen and oxygen atoms in total. The quantitative estimate of drug-likeness (QED) is 0.484. The van der Waals surface area contributed by atoms with Gasteiger partial charge in [-0.05, 0) is 35.0 Å². The first-order valence-electron chi connectivity index (χ1n) is 6.92. The van der Waals surface area contributed by atoms with E-state index in [1.807, 2.05) is 18.2 Å². The van der Waals surface area contributed by atoms with Gasteiger partial charge in [-0.25, -0.2) is 0 Å². The third-order valence-electron chi connectivity index (χ3n) is 2.61. The first kappa shape index (κ1) is 19.4. The second kappa shape index (κ2) is 10.9. The minimum atomic E-state index is -0.407. The predicted octanol–water partition coefficient (Wildman–Crippen LogP) is 4.48. The van der Waals surface area contributed by atoms with Crippen LogP contribution in [0.2, 0.25) is 4.43 Å². The van der Waals surface area contributed by atoms with Crippen molar-refractivity contribution in [3.63, 3.8) is 0 Å². The van der Waals surface area contributed by atoms with E-state index in [-0.39, 0.29) is 11.6 Å². The maximum Gasteiger partial charge on any atom is 0.0342 e. The molecule has 0 unspecified atom stereocenters. The number of rotatable bonds is 2. The van der Waals surface area contributed by atoms with Crippen LogP contribution in [0.3, 0.4) is 0 Å². The fourth-order valence-corrected chi connectivity index (χ4v) is 2.30. The van der Waals surface area contributed by atoms with Crippen molar-refractivity contribution in [2.45, 2.75) is 18.3 Å². The van der Waals surface area contributed by atoms with E-state index in [9.17, 15) is 9.59 Å². The molecule has 0 amide bonds. The Morgan fingerprint density at radius 3 is 1.96 bits per heavy atom. The van der Waals surface area contributed by atoms with Gasteiger partial charge in [-0.2, -0.15) is 0 Å². The van der Waals surface area contributed by atoms with Crippen molar-refractivity contribution in [3.8, 4) is 0 Å². The van der Waals surface area contributed by atoms with Crippen LogP contribution in [-0.4, -0.2) is 16.6 Å². The third-order valence-corrected chi connectivity index (χ3v) is 5.45. The topological polar surface area (TPSA) is 47.0 Å². The van der Waals surface area contributed by atoms with E-state index in [2.05, 4.69) is 40.7 Å². The largest absolute Gasteiger partial charge is 0.265 e. The zero-order chi connectivity index (χ0) is 17.1. The van der Waals surface area contributed by atoms with Crippen LogP contribution in [0.4, 0.5) is 0 Å². The summed E-state index contributed by atoms with van der Waals surface area (Å²) >= 11 is 3.40. The number of benzene rings is 1. The van der Waals surface area contributed by atoms with Crippen molar-refractivity contribution in [3.05, 3.63) is 66.3 Å². The van der Waals surface area contributed by atoms with Gasteiger partial charge in [0.2, 0.25) is 0 Å². The second-order valence-corrected chi connectivity index (χ2v) is 6.87. The van der Waals surface area contributed by atoms with Crippen molar-refractivity contribution < 1.29 is 28.5 Å². The molecular weight excluding hydrogens is 486 g/mol. The van der Waals surface area contributed by atoms with E-state index >= 15 is 0 Å². The molecule has 2 heterocycles. The van der Waals surface area contributed by atoms with E-state index in [4.69, 9.17) is 0 Å². The number of hydrogen-bond acceptors (Lipinski definition) is 4. The molecular formula is C18H18IrNO2S. The van der Waals surface area contributed by atoms with Crippen LogP contribution >= 0.6 is 11.3 Å². The van der Waals surface area contributed by atoms with Crippen molar-refractivity contribution in [2.75, 3.05) is 0 Å². The fraction of sp³-hybridized carbons (Fsp3) is 0.167. The molecule has 0 atom stereocenters. The van der Waals surface area contributed by atoms with Gasteiger partial charge in [0, 0.05) is 17.1 Å². The van der Waals surface area contributed by atoms with Gasteiger partial charge in [-0.15, -0.1) is 11.3 Å². The van der Waals surface area contributed by atoms with Crippen molar-refractivity contribution >= 4 is 33.0 Å². The molecule has 2 aromatic heterocycles. The van der Waals surface area contributed by atoms with Crippen LogP contribution < -0.4 is 0 Å². The fourth-order valence-electron chi connectivity index (χ4n) is 1.51.